The van der Waals surface area contributed by atoms with Gasteiger partial charge in [0.25, 0.3) is 5.91 Å². The third-order valence-corrected chi connectivity index (χ3v) is 5.66. The second-order valence-corrected chi connectivity index (χ2v) is 7.50. The van der Waals surface area contributed by atoms with Crippen molar-refractivity contribution in [3.05, 3.63) is 40.1 Å². The fraction of sp³-hybridized carbons (Fsp3) is 0.500. The van der Waals surface area contributed by atoms with Gasteiger partial charge in [0.2, 0.25) is 0 Å². The number of rotatable bonds is 4. The number of ether oxygens (including phenoxy) is 1. The number of nitrogens with zero attached hydrogens (tertiary/aromatic N) is 3. The van der Waals surface area contributed by atoms with Gasteiger partial charge in [0.1, 0.15) is 5.75 Å². The Morgan fingerprint density at radius 1 is 1.46 bits per heavy atom. The number of pyridine rings is 1. The molecule has 5 nitrogen and oxygen atoms in total. The van der Waals surface area contributed by atoms with Crippen LogP contribution in [0.15, 0.2) is 24.5 Å². The summed E-state index contributed by atoms with van der Waals surface area (Å²) in [5.74, 6) is 0.998. The monoisotopic (exact) mass is 345 g/mol. The van der Waals surface area contributed by atoms with Gasteiger partial charge in [-0.1, -0.05) is 0 Å². The van der Waals surface area contributed by atoms with Crippen molar-refractivity contribution in [2.24, 2.45) is 0 Å². The Morgan fingerprint density at radius 2 is 2.29 bits per heavy atom. The molecule has 2 aromatic heterocycles. The highest BCUT2D eigenvalue weighted by molar-refractivity contribution is 7.11. The molecule has 3 heterocycles. The Kier molecular flexibility index (Phi) is 5.14. The molecule has 1 aliphatic rings. The lowest BCUT2D eigenvalue weighted by atomic mass is 9.98. The fourth-order valence-corrected chi connectivity index (χ4v) is 4.03. The first kappa shape index (κ1) is 16.9. The molecule has 0 radical (unpaired) electrons. The summed E-state index contributed by atoms with van der Waals surface area (Å²) in [4.78, 5) is 24.6. The van der Waals surface area contributed by atoms with E-state index in [4.69, 9.17) is 4.74 Å². The molecule has 0 aromatic carbocycles. The third-order valence-electron chi connectivity index (χ3n) is 4.42. The number of hydrogen-bond acceptors (Lipinski definition) is 5. The summed E-state index contributed by atoms with van der Waals surface area (Å²) < 4.78 is 5.73. The van der Waals surface area contributed by atoms with Crippen LogP contribution in [0.1, 0.15) is 41.3 Å². The molecule has 0 saturated carbocycles. The van der Waals surface area contributed by atoms with Crippen LogP contribution in [0.25, 0.3) is 0 Å². The van der Waals surface area contributed by atoms with Crippen LogP contribution in [0.4, 0.5) is 0 Å². The first-order valence-electron chi connectivity index (χ1n) is 8.34. The average molecular weight is 345 g/mol. The molecule has 0 bridgehead atoms. The van der Waals surface area contributed by atoms with Gasteiger partial charge in [0.05, 0.1) is 16.9 Å². The maximum absolute atomic E-state index is 12.7. The number of aryl methyl sites for hydroxylation is 2. The Morgan fingerprint density at radius 3 is 2.96 bits per heavy atom. The van der Waals surface area contributed by atoms with E-state index >= 15 is 0 Å². The van der Waals surface area contributed by atoms with E-state index < -0.39 is 6.10 Å². The number of likely N-dealkylation sites (tertiary alicyclic amines) is 1. The summed E-state index contributed by atoms with van der Waals surface area (Å²) in [7, 11) is 0. The lowest BCUT2D eigenvalue weighted by molar-refractivity contribution is -0.139. The van der Waals surface area contributed by atoms with Crippen molar-refractivity contribution in [2.45, 2.75) is 45.6 Å². The molecule has 1 aliphatic heterocycles. The maximum atomic E-state index is 12.7. The molecule has 0 spiro atoms. The van der Waals surface area contributed by atoms with E-state index in [0.29, 0.717) is 11.7 Å². The lowest BCUT2D eigenvalue weighted by Gasteiger charge is -2.33. The molecule has 2 atom stereocenters. The second kappa shape index (κ2) is 7.30. The van der Waals surface area contributed by atoms with Gasteiger partial charge in [0, 0.05) is 30.1 Å². The predicted octanol–water partition coefficient (Wildman–Crippen LogP) is 3.33. The van der Waals surface area contributed by atoms with Crippen LogP contribution in [-0.2, 0) is 4.79 Å². The molecule has 1 fully saturated rings. The maximum Gasteiger partial charge on any atom is 0.263 e. The van der Waals surface area contributed by atoms with Crippen molar-refractivity contribution < 1.29 is 9.53 Å². The van der Waals surface area contributed by atoms with Gasteiger partial charge in [-0.2, -0.15) is 0 Å². The molecular weight excluding hydrogens is 322 g/mol. The van der Waals surface area contributed by atoms with E-state index in [9.17, 15) is 4.79 Å². The number of hydrogen-bond donors (Lipinski definition) is 0. The summed E-state index contributed by atoms with van der Waals surface area (Å²) >= 11 is 1.76. The highest BCUT2D eigenvalue weighted by Crippen LogP contribution is 2.31. The molecule has 2 unspecified atom stereocenters. The molecule has 6 heteroatoms. The van der Waals surface area contributed by atoms with E-state index in [1.54, 1.807) is 36.7 Å². The van der Waals surface area contributed by atoms with Gasteiger partial charge in [-0.05, 0) is 45.7 Å². The van der Waals surface area contributed by atoms with Crippen molar-refractivity contribution >= 4 is 17.2 Å². The molecule has 2 aromatic rings. The largest absolute Gasteiger partial charge is 0.479 e. The predicted molar refractivity (Wildman–Crippen MR) is 94.5 cm³/mol. The smallest absolute Gasteiger partial charge is 0.263 e. The Balaban J connectivity index is 1.64. The van der Waals surface area contributed by atoms with Gasteiger partial charge in [-0.15, -0.1) is 11.3 Å². The highest BCUT2D eigenvalue weighted by atomic mass is 32.1. The van der Waals surface area contributed by atoms with Crippen LogP contribution < -0.4 is 4.74 Å². The molecule has 1 amide bonds. The summed E-state index contributed by atoms with van der Waals surface area (Å²) in [6.07, 6.45) is 4.91. The van der Waals surface area contributed by atoms with Gasteiger partial charge >= 0.3 is 0 Å². The summed E-state index contributed by atoms with van der Waals surface area (Å²) in [6, 6.07) is 3.62. The van der Waals surface area contributed by atoms with Crippen molar-refractivity contribution in [3.63, 3.8) is 0 Å². The van der Waals surface area contributed by atoms with E-state index in [1.165, 1.54) is 4.88 Å². The zero-order valence-corrected chi connectivity index (χ0v) is 15.2. The van der Waals surface area contributed by atoms with E-state index in [-0.39, 0.29) is 5.91 Å². The molecule has 24 heavy (non-hydrogen) atoms. The lowest BCUT2D eigenvalue weighted by Crippen LogP contribution is -2.45. The van der Waals surface area contributed by atoms with Crippen LogP contribution in [0.2, 0.25) is 0 Å². The number of amides is 1. The number of carbonyl (C=O) groups is 1. The standard InChI is InChI=1S/C18H23N3O2S/c1-12-14(3)24-17(20-12)15-6-5-9-21(11-15)18(22)13(2)23-16-7-4-8-19-10-16/h4,7-8,10,13,15H,5-6,9,11H2,1-3H3. The minimum Gasteiger partial charge on any atom is -0.479 e. The van der Waals surface area contributed by atoms with Crippen molar-refractivity contribution in [1.29, 1.82) is 0 Å². The molecule has 3 rings (SSSR count). The first-order valence-corrected chi connectivity index (χ1v) is 9.15. The van der Waals surface area contributed by atoms with Gasteiger partial charge in [0.15, 0.2) is 6.10 Å². The molecular formula is C18H23N3O2S. The Hall–Kier alpha value is -1.95. The molecule has 0 aliphatic carbocycles. The molecule has 0 N–H and O–H groups in total. The zero-order chi connectivity index (χ0) is 17.1. The minimum absolute atomic E-state index is 0.0357. The minimum atomic E-state index is -0.507. The van der Waals surface area contributed by atoms with Crippen LogP contribution in [0.3, 0.4) is 0 Å². The SMILES string of the molecule is Cc1nc(C2CCCN(C(=O)C(C)Oc3cccnc3)C2)sc1C. The van der Waals surface area contributed by atoms with Gasteiger partial charge in [-0.3, -0.25) is 9.78 Å². The average Bonchev–Trinajstić information content (AvgIpc) is 2.94. The highest BCUT2D eigenvalue weighted by Gasteiger charge is 2.30. The number of thiazole rings is 1. The molecule has 128 valence electrons. The van der Waals surface area contributed by atoms with E-state index in [1.807, 2.05) is 17.9 Å². The van der Waals surface area contributed by atoms with Gasteiger partial charge < -0.3 is 9.64 Å². The summed E-state index contributed by atoms with van der Waals surface area (Å²) in [5, 5.41) is 1.16. The van der Waals surface area contributed by atoms with Crippen LogP contribution in [0.5, 0.6) is 5.75 Å². The van der Waals surface area contributed by atoms with Crippen molar-refractivity contribution in [2.75, 3.05) is 13.1 Å². The topological polar surface area (TPSA) is 55.3 Å². The van der Waals surface area contributed by atoms with Crippen LogP contribution >= 0.6 is 11.3 Å². The number of aromatic nitrogens is 2. The zero-order valence-electron chi connectivity index (χ0n) is 14.4. The van der Waals surface area contributed by atoms with Gasteiger partial charge in [-0.25, -0.2) is 4.98 Å². The first-order chi connectivity index (χ1) is 11.5. The number of piperidine rings is 1. The van der Waals surface area contributed by atoms with Crippen molar-refractivity contribution in [3.8, 4) is 5.75 Å². The Bertz CT molecular complexity index is 682. The second-order valence-electron chi connectivity index (χ2n) is 6.27. The summed E-state index contributed by atoms with van der Waals surface area (Å²) in [5.41, 5.74) is 1.10. The third kappa shape index (κ3) is 3.75. The van der Waals surface area contributed by atoms with E-state index in [2.05, 4.69) is 16.9 Å². The number of carbonyl (C=O) groups excluding carboxylic acids is 1. The quantitative estimate of drug-likeness (QED) is 0.853. The Labute approximate surface area is 146 Å². The summed E-state index contributed by atoms with van der Waals surface area (Å²) in [6.45, 7) is 7.47. The van der Waals surface area contributed by atoms with Crippen LogP contribution in [0, 0.1) is 13.8 Å². The normalized spacial score (nSPS) is 19.1. The molecule has 1 saturated heterocycles. The van der Waals surface area contributed by atoms with Crippen LogP contribution in [-0.4, -0.2) is 40.0 Å². The van der Waals surface area contributed by atoms with E-state index in [0.717, 1.165) is 36.6 Å². The van der Waals surface area contributed by atoms with Crippen molar-refractivity contribution in [1.82, 2.24) is 14.9 Å². The fourth-order valence-electron chi connectivity index (χ4n) is 2.98.